The number of hydrogen-bond acceptors (Lipinski definition) is 4. The Labute approximate surface area is 218 Å². The molecule has 3 aromatic rings. The number of nitrogens with zero attached hydrogens (tertiary/aromatic N) is 1. The number of benzene rings is 3. The molecule has 6 nitrogen and oxygen atoms in total. The molecule has 0 fully saturated rings. The van der Waals surface area contributed by atoms with E-state index in [0.717, 1.165) is 25.9 Å². The molecular weight excluding hydrogens is 555 g/mol. The maximum atomic E-state index is 13.7. The Morgan fingerprint density at radius 1 is 0.971 bits per heavy atom. The average Bonchev–Trinajstić information content (AvgIpc) is 2.98. The fourth-order valence-electron chi connectivity index (χ4n) is 4.43. The van der Waals surface area contributed by atoms with Gasteiger partial charge in [-0.1, -0.05) is 18.2 Å². The number of halogens is 1. The highest BCUT2D eigenvalue weighted by Gasteiger charge is 2.29. The van der Waals surface area contributed by atoms with Gasteiger partial charge in [-0.3, -0.25) is 14.4 Å². The van der Waals surface area contributed by atoms with Crippen LogP contribution in [0.5, 0.6) is 0 Å². The van der Waals surface area contributed by atoms with Gasteiger partial charge in [-0.05, 0) is 103 Å². The van der Waals surface area contributed by atoms with E-state index in [-0.39, 0.29) is 23.9 Å². The van der Waals surface area contributed by atoms with E-state index in [4.69, 9.17) is 4.74 Å². The molecule has 7 heteroatoms. The van der Waals surface area contributed by atoms with Crippen molar-refractivity contribution in [1.82, 2.24) is 0 Å². The average molecular weight is 582 g/mol. The van der Waals surface area contributed by atoms with Crippen LogP contribution in [0.4, 0.5) is 11.4 Å². The van der Waals surface area contributed by atoms with Gasteiger partial charge < -0.3 is 15.0 Å². The number of nitrogens with one attached hydrogen (secondary N) is 1. The summed E-state index contributed by atoms with van der Waals surface area (Å²) in [5.74, 6) is -0.641. The van der Waals surface area contributed by atoms with E-state index in [1.807, 2.05) is 56.3 Å². The predicted molar refractivity (Wildman–Crippen MR) is 145 cm³/mol. The zero-order chi connectivity index (χ0) is 25.1. The molecule has 2 amide bonds. The van der Waals surface area contributed by atoms with E-state index in [0.29, 0.717) is 36.2 Å². The third kappa shape index (κ3) is 5.56. The second-order valence-corrected chi connectivity index (χ2v) is 9.94. The summed E-state index contributed by atoms with van der Waals surface area (Å²) in [5.41, 5.74) is 5.08. The minimum absolute atomic E-state index is 0.120. The number of anilines is 2. The molecule has 4 rings (SSSR count). The van der Waals surface area contributed by atoms with Gasteiger partial charge in [0.15, 0.2) is 0 Å². The summed E-state index contributed by atoms with van der Waals surface area (Å²) in [5, 5.41) is 2.93. The first-order valence-electron chi connectivity index (χ1n) is 11.5. The van der Waals surface area contributed by atoms with Gasteiger partial charge in [0.25, 0.3) is 11.8 Å². The van der Waals surface area contributed by atoms with Crippen molar-refractivity contribution in [3.63, 3.8) is 0 Å². The van der Waals surface area contributed by atoms with Crippen molar-refractivity contribution in [2.24, 2.45) is 0 Å². The molecule has 0 aromatic heterocycles. The second kappa shape index (κ2) is 10.6. The third-order valence-corrected chi connectivity index (χ3v) is 6.80. The van der Waals surface area contributed by atoms with Crippen LogP contribution in [0.1, 0.15) is 63.3 Å². The van der Waals surface area contributed by atoms with Gasteiger partial charge in [-0.25, -0.2) is 0 Å². The van der Waals surface area contributed by atoms with E-state index in [2.05, 4.69) is 27.9 Å². The molecule has 3 aromatic carbocycles. The normalized spacial score (nSPS) is 15.1. The number of carbonyl (C=O) groups is 3. The zero-order valence-corrected chi connectivity index (χ0v) is 22.1. The summed E-state index contributed by atoms with van der Waals surface area (Å²) >= 11 is 2.22. The largest absolute Gasteiger partial charge is 0.458 e. The van der Waals surface area contributed by atoms with Crippen LogP contribution in [0.2, 0.25) is 0 Å². The Kier molecular flexibility index (Phi) is 7.54. The van der Waals surface area contributed by atoms with Gasteiger partial charge in [0.05, 0.1) is 5.69 Å². The maximum absolute atomic E-state index is 13.7. The first kappa shape index (κ1) is 24.9. The number of ether oxygens (including phenoxy) is 1. The number of hydrogen-bond donors (Lipinski definition) is 1. The molecule has 1 atom stereocenters. The van der Waals surface area contributed by atoms with Crippen LogP contribution >= 0.6 is 22.6 Å². The minimum Gasteiger partial charge on any atom is -0.458 e. The minimum atomic E-state index is -0.379. The van der Waals surface area contributed by atoms with Crippen LogP contribution in [0.15, 0.2) is 60.7 Å². The molecule has 1 unspecified atom stereocenters. The van der Waals surface area contributed by atoms with Crippen molar-refractivity contribution in [3.05, 3.63) is 92.1 Å². The van der Waals surface area contributed by atoms with Crippen molar-refractivity contribution in [2.75, 3.05) is 16.8 Å². The van der Waals surface area contributed by atoms with Crippen molar-refractivity contribution in [3.8, 4) is 0 Å². The highest BCUT2D eigenvalue weighted by molar-refractivity contribution is 14.1. The Balaban J connectivity index is 1.60. The molecule has 0 bridgehead atoms. The topological polar surface area (TPSA) is 75.7 Å². The van der Waals surface area contributed by atoms with E-state index in [9.17, 15) is 14.4 Å². The zero-order valence-electron chi connectivity index (χ0n) is 19.9. The van der Waals surface area contributed by atoms with Gasteiger partial charge in [0.1, 0.15) is 6.10 Å². The number of carbonyl (C=O) groups excluding carboxylic acids is 3. The van der Waals surface area contributed by atoms with Crippen molar-refractivity contribution >= 4 is 51.7 Å². The van der Waals surface area contributed by atoms with Gasteiger partial charge >= 0.3 is 5.97 Å². The molecule has 0 aliphatic carbocycles. The number of fused-ring (bicyclic) bond motifs is 1. The predicted octanol–water partition coefficient (Wildman–Crippen LogP) is 6.21. The number of esters is 1. The summed E-state index contributed by atoms with van der Waals surface area (Å²) in [4.78, 5) is 39.8. The Bertz CT molecular complexity index is 1300. The van der Waals surface area contributed by atoms with E-state index >= 15 is 0 Å². The van der Waals surface area contributed by atoms with E-state index in [1.54, 1.807) is 23.1 Å². The lowest BCUT2D eigenvalue weighted by molar-refractivity contribution is -0.147. The third-order valence-electron chi connectivity index (χ3n) is 6.13. The first-order valence-corrected chi connectivity index (χ1v) is 12.6. The molecule has 0 spiro atoms. The molecule has 180 valence electrons. The number of rotatable bonds is 4. The first-order chi connectivity index (χ1) is 16.7. The molecule has 1 heterocycles. The van der Waals surface area contributed by atoms with Crippen LogP contribution in [0.3, 0.4) is 0 Å². The lowest BCUT2D eigenvalue weighted by atomic mass is 10.0. The number of amides is 2. The van der Waals surface area contributed by atoms with Crippen LogP contribution in [0.25, 0.3) is 0 Å². The molecular formula is C28H27IN2O4. The van der Waals surface area contributed by atoms with Gasteiger partial charge in [0, 0.05) is 39.4 Å². The highest BCUT2D eigenvalue weighted by Crippen LogP contribution is 2.37. The smallest absolute Gasteiger partial charge is 0.303 e. The lowest BCUT2D eigenvalue weighted by Gasteiger charge is -2.25. The lowest BCUT2D eigenvalue weighted by Crippen LogP contribution is -2.32. The van der Waals surface area contributed by atoms with Crippen LogP contribution in [-0.4, -0.2) is 24.3 Å². The van der Waals surface area contributed by atoms with Crippen molar-refractivity contribution < 1.29 is 19.1 Å². The SMILES string of the molecule is CC(=O)OC1CCCN(C(=O)c2ccc(NC(=O)c3ccccc3C)cc2C)c2ccc(I)cc21. The van der Waals surface area contributed by atoms with Crippen LogP contribution in [-0.2, 0) is 9.53 Å². The Morgan fingerprint density at radius 2 is 1.74 bits per heavy atom. The standard InChI is InChI=1S/C28H27IN2O4/c1-17-7-4-5-8-22(17)27(33)30-21-11-12-23(18(2)15-21)28(34)31-14-6-9-26(35-19(3)32)24-16-20(29)10-13-25(24)31/h4-5,7-8,10-13,15-16,26H,6,9,14H2,1-3H3,(H,30,33). The molecule has 35 heavy (non-hydrogen) atoms. The molecule has 1 aliphatic rings. The van der Waals surface area contributed by atoms with Crippen LogP contribution in [0, 0.1) is 17.4 Å². The van der Waals surface area contributed by atoms with Gasteiger partial charge in [0.2, 0.25) is 0 Å². The number of aryl methyl sites for hydroxylation is 2. The second-order valence-electron chi connectivity index (χ2n) is 8.70. The molecule has 1 N–H and O–H groups in total. The Morgan fingerprint density at radius 3 is 2.46 bits per heavy atom. The summed E-state index contributed by atoms with van der Waals surface area (Å²) in [6, 6.07) is 18.6. The quantitative estimate of drug-likeness (QED) is 0.294. The summed E-state index contributed by atoms with van der Waals surface area (Å²) in [6.45, 7) is 5.69. The molecule has 1 aliphatic heterocycles. The maximum Gasteiger partial charge on any atom is 0.303 e. The fourth-order valence-corrected chi connectivity index (χ4v) is 4.94. The fraction of sp³-hybridized carbons (Fsp3) is 0.250. The van der Waals surface area contributed by atoms with E-state index in [1.165, 1.54) is 6.92 Å². The van der Waals surface area contributed by atoms with Crippen molar-refractivity contribution in [2.45, 2.75) is 39.7 Å². The molecule has 0 saturated heterocycles. The van der Waals surface area contributed by atoms with Gasteiger partial charge in [-0.15, -0.1) is 0 Å². The summed E-state index contributed by atoms with van der Waals surface area (Å²) in [7, 11) is 0. The monoisotopic (exact) mass is 582 g/mol. The van der Waals surface area contributed by atoms with Crippen molar-refractivity contribution in [1.29, 1.82) is 0 Å². The van der Waals surface area contributed by atoms with E-state index < -0.39 is 0 Å². The summed E-state index contributed by atoms with van der Waals surface area (Å²) < 4.78 is 6.60. The Hall–Kier alpha value is -3.20. The molecule has 0 saturated carbocycles. The molecule has 0 radical (unpaired) electrons. The summed E-state index contributed by atoms with van der Waals surface area (Å²) in [6.07, 6.45) is 0.980. The van der Waals surface area contributed by atoms with Gasteiger partial charge in [-0.2, -0.15) is 0 Å². The highest BCUT2D eigenvalue weighted by atomic mass is 127. The van der Waals surface area contributed by atoms with Crippen LogP contribution < -0.4 is 10.2 Å².